The van der Waals surface area contributed by atoms with Crippen molar-refractivity contribution in [2.75, 3.05) is 12.4 Å². The molecule has 2 aromatic carbocycles. The van der Waals surface area contributed by atoms with E-state index >= 15 is 0 Å². The van der Waals surface area contributed by atoms with Gasteiger partial charge in [0.2, 0.25) is 0 Å². The Kier molecular flexibility index (Phi) is 4.94. The molecular formula is C18H15BrClNO2. The average Bonchev–Trinajstić information content (AvgIpc) is 3.02. The molecule has 0 bridgehead atoms. The van der Waals surface area contributed by atoms with Crippen LogP contribution in [0, 0.1) is 0 Å². The number of hydrogen-bond acceptors (Lipinski definition) is 3. The van der Waals surface area contributed by atoms with E-state index in [-0.39, 0.29) is 0 Å². The summed E-state index contributed by atoms with van der Waals surface area (Å²) in [5.41, 5.74) is 1.89. The first-order valence-electron chi connectivity index (χ1n) is 7.08. The summed E-state index contributed by atoms with van der Waals surface area (Å²) >= 11 is 9.66. The smallest absolute Gasteiger partial charge is 0.135 e. The number of furan rings is 1. The summed E-state index contributed by atoms with van der Waals surface area (Å²) in [7, 11) is 1.65. The van der Waals surface area contributed by atoms with Crippen LogP contribution in [0.25, 0.3) is 11.3 Å². The van der Waals surface area contributed by atoms with Gasteiger partial charge in [0.25, 0.3) is 0 Å². The van der Waals surface area contributed by atoms with Crippen molar-refractivity contribution in [1.29, 1.82) is 0 Å². The number of nitrogens with one attached hydrogen (secondary N) is 1. The van der Waals surface area contributed by atoms with Crippen LogP contribution < -0.4 is 10.1 Å². The van der Waals surface area contributed by atoms with E-state index in [1.165, 1.54) is 0 Å². The maximum Gasteiger partial charge on any atom is 0.135 e. The zero-order valence-corrected chi connectivity index (χ0v) is 14.8. The largest absolute Gasteiger partial charge is 0.497 e. The van der Waals surface area contributed by atoms with Crippen molar-refractivity contribution in [1.82, 2.24) is 0 Å². The Morgan fingerprint density at radius 2 is 1.87 bits per heavy atom. The third-order valence-electron chi connectivity index (χ3n) is 3.42. The number of rotatable bonds is 5. The molecule has 0 amide bonds. The van der Waals surface area contributed by atoms with Gasteiger partial charge in [-0.1, -0.05) is 27.5 Å². The number of anilines is 1. The number of ether oxygens (including phenoxy) is 1. The van der Waals surface area contributed by atoms with Crippen LogP contribution in [0.4, 0.5) is 5.69 Å². The van der Waals surface area contributed by atoms with Gasteiger partial charge in [0.05, 0.1) is 18.7 Å². The molecule has 0 aliphatic rings. The molecule has 0 unspecified atom stereocenters. The van der Waals surface area contributed by atoms with E-state index in [9.17, 15) is 0 Å². The zero-order valence-electron chi connectivity index (χ0n) is 12.5. The molecule has 0 radical (unpaired) electrons. The van der Waals surface area contributed by atoms with Crippen LogP contribution in [0.2, 0.25) is 5.02 Å². The number of hydrogen-bond donors (Lipinski definition) is 1. The van der Waals surface area contributed by atoms with Gasteiger partial charge in [0, 0.05) is 15.7 Å². The molecule has 23 heavy (non-hydrogen) atoms. The lowest BCUT2D eigenvalue weighted by Crippen LogP contribution is -1.97. The molecule has 0 aliphatic heterocycles. The fourth-order valence-electron chi connectivity index (χ4n) is 2.21. The highest BCUT2D eigenvalue weighted by Gasteiger charge is 2.09. The highest BCUT2D eigenvalue weighted by atomic mass is 79.9. The van der Waals surface area contributed by atoms with E-state index < -0.39 is 0 Å². The van der Waals surface area contributed by atoms with Crippen molar-refractivity contribution in [2.24, 2.45) is 0 Å². The highest BCUT2D eigenvalue weighted by molar-refractivity contribution is 9.10. The SMILES string of the molecule is COc1ccc(NCc2ccc(-c3ccc(Br)cc3Cl)o2)cc1. The Hall–Kier alpha value is -1.91. The molecule has 3 rings (SSSR count). The van der Waals surface area contributed by atoms with Gasteiger partial charge in [-0.25, -0.2) is 0 Å². The minimum Gasteiger partial charge on any atom is -0.497 e. The lowest BCUT2D eigenvalue weighted by molar-refractivity contribution is 0.415. The third kappa shape index (κ3) is 3.89. The van der Waals surface area contributed by atoms with E-state index in [0.29, 0.717) is 11.6 Å². The van der Waals surface area contributed by atoms with Crippen LogP contribution in [0.5, 0.6) is 5.75 Å². The molecule has 118 valence electrons. The zero-order chi connectivity index (χ0) is 16.2. The lowest BCUT2D eigenvalue weighted by Gasteiger charge is -2.06. The first-order valence-corrected chi connectivity index (χ1v) is 8.25. The van der Waals surface area contributed by atoms with Crippen LogP contribution >= 0.6 is 27.5 Å². The molecule has 0 aliphatic carbocycles. The predicted molar refractivity (Wildman–Crippen MR) is 97.2 cm³/mol. The number of halogens is 2. The third-order valence-corrected chi connectivity index (χ3v) is 4.22. The van der Waals surface area contributed by atoms with Crippen LogP contribution in [-0.2, 0) is 6.54 Å². The Bertz CT molecular complexity index is 799. The molecule has 0 fully saturated rings. The van der Waals surface area contributed by atoms with Crippen LogP contribution in [0.1, 0.15) is 5.76 Å². The van der Waals surface area contributed by atoms with Crippen LogP contribution in [-0.4, -0.2) is 7.11 Å². The first kappa shape index (κ1) is 16.0. The van der Waals surface area contributed by atoms with Crippen molar-refractivity contribution >= 4 is 33.2 Å². The summed E-state index contributed by atoms with van der Waals surface area (Å²) in [5.74, 6) is 2.43. The summed E-state index contributed by atoms with van der Waals surface area (Å²) in [6, 6.07) is 17.4. The highest BCUT2D eigenvalue weighted by Crippen LogP contribution is 2.31. The maximum atomic E-state index is 6.26. The van der Waals surface area contributed by atoms with E-state index in [1.807, 2.05) is 54.6 Å². The van der Waals surface area contributed by atoms with Gasteiger partial charge in [-0.2, -0.15) is 0 Å². The normalized spacial score (nSPS) is 10.6. The standard InChI is InChI=1S/C18H15BrClNO2/c1-22-14-5-3-13(4-6-14)21-11-15-7-9-18(23-15)16-8-2-12(19)10-17(16)20/h2-10,21H,11H2,1H3. The molecule has 0 saturated carbocycles. The van der Waals surface area contributed by atoms with Crippen LogP contribution in [0.15, 0.2) is 63.5 Å². The number of benzene rings is 2. The van der Waals surface area contributed by atoms with Gasteiger partial charge in [0.15, 0.2) is 0 Å². The molecule has 3 nitrogen and oxygen atoms in total. The summed E-state index contributed by atoms with van der Waals surface area (Å²) in [4.78, 5) is 0. The van der Waals surface area contributed by atoms with E-state index in [2.05, 4.69) is 21.2 Å². The van der Waals surface area contributed by atoms with Crippen molar-refractivity contribution in [3.8, 4) is 17.1 Å². The average molecular weight is 393 g/mol. The Morgan fingerprint density at radius 1 is 1.09 bits per heavy atom. The maximum absolute atomic E-state index is 6.26. The Labute approximate surface area is 148 Å². The van der Waals surface area contributed by atoms with Crippen molar-refractivity contribution in [2.45, 2.75) is 6.54 Å². The molecule has 0 saturated heterocycles. The van der Waals surface area contributed by atoms with Gasteiger partial charge in [-0.15, -0.1) is 0 Å². The van der Waals surface area contributed by atoms with Gasteiger partial charge < -0.3 is 14.5 Å². The minimum atomic E-state index is 0.598. The van der Waals surface area contributed by atoms with Crippen LogP contribution in [0.3, 0.4) is 0 Å². The molecular weight excluding hydrogens is 378 g/mol. The van der Waals surface area contributed by atoms with Gasteiger partial charge in [-0.3, -0.25) is 0 Å². The second-order valence-electron chi connectivity index (χ2n) is 4.97. The Morgan fingerprint density at radius 3 is 2.57 bits per heavy atom. The summed E-state index contributed by atoms with van der Waals surface area (Å²) in [6.45, 7) is 0.598. The summed E-state index contributed by atoms with van der Waals surface area (Å²) < 4.78 is 12.0. The van der Waals surface area contributed by atoms with Gasteiger partial charge >= 0.3 is 0 Å². The van der Waals surface area contributed by atoms with Crippen molar-refractivity contribution < 1.29 is 9.15 Å². The minimum absolute atomic E-state index is 0.598. The molecule has 1 heterocycles. The molecule has 1 aromatic heterocycles. The molecule has 5 heteroatoms. The predicted octanol–water partition coefficient (Wildman–Crippen LogP) is 5.98. The summed E-state index contributed by atoms with van der Waals surface area (Å²) in [6.07, 6.45) is 0. The van der Waals surface area contributed by atoms with E-state index in [4.69, 9.17) is 20.8 Å². The summed E-state index contributed by atoms with van der Waals surface area (Å²) in [5, 5.41) is 3.97. The molecule has 3 aromatic rings. The molecule has 0 spiro atoms. The Balaban J connectivity index is 1.69. The lowest BCUT2D eigenvalue weighted by atomic mass is 10.2. The quantitative estimate of drug-likeness (QED) is 0.579. The van der Waals surface area contributed by atoms with E-state index in [0.717, 1.165) is 33.0 Å². The fourth-order valence-corrected chi connectivity index (χ4v) is 2.97. The van der Waals surface area contributed by atoms with Crippen molar-refractivity contribution in [3.05, 3.63) is 69.9 Å². The molecule has 1 N–H and O–H groups in total. The topological polar surface area (TPSA) is 34.4 Å². The van der Waals surface area contributed by atoms with Crippen molar-refractivity contribution in [3.63, 3.8) is 0 Å². The fraction of sp³-hybridized carbons (Fsp3) is 0.111. The van der Waals surface area contributed by atoms with E-state index in [1.54, 1.807) is 7.11 Å². The first-order chi connectivity index (χ1) is 11.2. The monoisotopic (exact) mass is 391 g/mol. The number of methoxy groups -OCH3 is 1. The second-order valence-corrected chi connectivity index (χ2v) is 6.30. The van der Waals surface area contributed by atoms with Gasteiger partial charge in [0.1, 0.15) is 17.3 Å². The second kappa shape index (κ2) is 7.11. The molecule has 0 atom stereocenters. The van der Waals surface area contributed by atoms with Gasteiger partial charge in [-0.05, 0) is 54.6 Å².